The number of hydrogen-bond acceptors (Lipinski definition) is 3. The molecule has 3 rings (SSSR count). The highest BCUT2D eigenvalue weighted by molar-refractivity contribution is 5.83. The zero-order valence-corrected chi connectivity index (χ0v) is 10.1. The average molecular weight is 244 g/mol. The maximum Gasteiger partial charge on any atom is 0.259 e. The molecule has 0 spiro atoms. The number of ether oxygens (including phenoxy) is 1. The molecule has 0 amide bonds. The zero-order valence-electron chi connectivity index (χ0n) is 10.1. The number of hydrogen-bond donors (Lipinski definition) is 1. The number of nitrogens with two attached hydrogens (primary N) is 1. The molecular weight excluding hydrogens is 228 g/mol. The predicted octanol–water partition coefficient (Wildman–Crippen LogP) is 1.62. The van der Waals surface area contributed by atoms with E-state index in [1.54, 1.807) is 4.57 Å². The van der Waals surface area contributed by atoms with E-state index in [0.717, 1.165) is 30.4 Å². The van der Waals surface area contributed by atoms with Gasteiger partial charge in [0.1, 0.15) is 5.82 Å². The Bertz CT molecular complexity index is 627. The van der Waals surface area contributed by atoms with Gasteiger partial charge in [0.2, 0.25) is 0 Å². The first-order valence-corrected chi connectivity index (χ1v) is 6.21. The summed E-state index contributed by atoms with van der Waals surface area (Å²) in [6.07, 6.45) is 0.999. The van der Waals surface area contributed by atoms with Gasteiger partial charge >= 0.3 is 0 Å². The first-order chi connectivity index (χ1) is 8.75. The fourth-order valence-electron chi connectivity index (χ4n) is 2.49. The summed E-state index contributed by atoms with van der Waals surface area (Å²) in [4.78, 5) is 12.4. The number of fused-ring (bicyclic) bond motifs is 1. The molecule has 1 fully saturated rings. The summed E-state index contributed by atoms with van der Waals surface area (Å²) < 4.78 is 7.01. The van der Waals surface area contributed by atoms with E-state index < -0.39 is 0 Å². The van der Waals surface area contributed by atoms with E-state index in [1.807, 2.05) is 30.3 Å². The van der Waals surface area contributed by atoms with Gasteiger partial charge in [-0.2, -0.15) is 0 Å². The van der Waals surface area contributed by atoms with Crippen LogP contribution in [0.3, 0.4) is 0 Å². The third-order valence-electron chi connectivity index (χ3n) is 3.52. The van der Waals surface area contributed by atoms with E-state index in [-0.39, 0.29) is 5.56 Å². The molecule has 0 radical (unpaired) electrons. The van der Waals surface area contributed by atoms with E-state index in [0.29, 0.717) is 18.3 Å². The number of benzene rings is 1. The predicted molar refractivity (Wildman–Crippen MR) is 71.5 cm³/mol. The van der Waals surface area contributed by atoms with Gasteiger partial charge in [0.15, 0.2) is 0 Å². The van der Waals surface area contributed by atoms with Crippen molar-refractivity contribution in [3.63, 3.8) is 0 Å². The second kappa shape index (κ2) is 4.46. The van der Waals surface area contributed by atoms with Crippen LogP contribution in [0.15, 0.2) is 35.1 Å². The first-order valence-electron chi connectivity index (χ1n) is 6.21. The highest BCUT2D eigenvalue weighted by atomic mass is 16.5. The summed E-state index contributed by atoms with van der Waals surface area (Å²) >= 11 is 0. The fraction of sp³-hybridized carbons (Fsp3) is 0.357. The number of pyridine rings is 1. The quantitative estimate of drug-likeness (QED) is 0.873. The molecule has 2 heterocycles. The Labute approximate surface area is 105 Å². The molecule has 2 aromatic rings. The van der Waals surface area contributed by atoms with Gasteiger partial charge < -0.3 is 10.5 Å². The Hall–Kier alpha value is -1.81. The van der Waals surface area contributed by atoms with Crippen molar-refractivity contribution >= 4 is 16.6 Å². The third-order valence-corrected chi connectivity index (χ3v) is 3.52. The monoisotopic (exact) mass is 244 g/mol. The standard InChI is InChI=1S/C14H16N2O2/c15-13-7-11-3-1-2-4-12(11)14(17)16(13)8-10-5-6-18-9-10/h1-4,7,10H,5-6,8-9,15H2. The molecule has 0 bridgehead atoms. The van der Waals surface area contributed by atoms with Gasteiger partial charge in [-0.25, -0.2) is 0 Å². The van der Waals surface area contributed by atoms with Gasteiger partial charge in [0, 0.05) is 24.5 Å². The molecule has 18 heavy (non-hydrogen) atoms. The lowest BCUT2D eigenvalue weighted by molar-refractivity contribution is 0.182. The first kappa shape index (κ1) is 11.3. The topological polar surface area (TPSA) is 57.2 Å². The molecule has 1 aliphatic rings. The van der Waals surface area contributed by atoms with Crippen LogP contribution in [0.4, 0.5) is 5.82 Å². The summed E-state index contributed by atoms with van der Waals surface area (Å²) in [5, 5.41) is 1.63. The fourth-order valence-corrected chi connectivity index (χ4v) is 2.49. The molecule has 4 nitrogen and oxygen atoms in total. The van der Waals surface area contributed by atoms with Crippen LogP contribution in [0.2, 0.25) is 0 Å². The second-order valence-electron chi connectivity index (χ2n) is 4.80. The van der Waals surface area contributed by atoms with Crippen LogP contribution in [0, 0.1) is 5.92 Å². The Balaban J connectivity index is 2.07. The van der Waals surface area contributed by atoms with Gasteiger partial charge in [-0.1, -0.05) is 18.2 Å². The third kappa shape index (κ3) is 1.88. The minimum absolute atomic E-state index is 0.00231. The number of nitrogen functional groups attached to an aromatic ring is 1. The van der Waals surface area contributed by atoms with Crippen LogP contribution in [0.25, 0.3) is 10.8 Å². The Morgan fingerprint density at radius 2 is 2.22 bits per heavy atom. The lowest BCUT2D eigenvalue weighted by Crippen LogP contribution is -2.26. The number of aromatic nitrogens is 1. The molecule has 1 aromatic carbocycles. The summed E-state index contributed by atoms with van der Waals surface area (Å²) in [7, 11) is 0. The van der Waals surface area contributed by atoms with E-state index in [2.05, 4.69) is 0 Å². The molecule has 1 aliphatic heterocycles. The van der Waals surface area contributed by atoms with Crippen LogP contribution in [-0.4, -0.2) is 17.8 Å². The molecule has 0 saturated carbocycles. The average Bonchev–Trinajstić information content (AvgIpc) is 2.87. The maximum absolute atomic E-state index is 12.4. The SMILES string of the molecule is Nc1cc2ccccc2c(=O)n1CC1CCOC1. The van der Waals surface area contributed by atoms with E-state index in [1.165, 1.54) is 0 Å². The highest BCUT2D eigenvalue weighted by Gasteiger charge is 2.18. The van der Waals surface area contributed by atoms with E-state index in [4.69, 9.17) is 10.5 Å². The summed E-state index contributed by atoms with van der Waals surface area (Å²) in [6.45, 7) is 2.15. The molecule has 94 valence electrons. The molecule has 1 atom stereocenters. The lowest BCUT2D eigenvalue weighted by Gasteiger charge is -2.14. The Kier molecular flexibility index (Phi) is 2.80. The summed E-state index contributed by atoms with van der Waals surface area (Å²) in [6, 6.07) is 9.42. The minimum Gasteiger partial charge on any atom is -0.385 e. The van der Waals surface area contributed by atoms with Crippen molar-refractivity contribution in [1.29, 1.82) is 0 Å². The van der Waals surface area contributed by atoms with Gasteiger partial charge in [0.05, 0.1) is 6.61 Å². The van der Waals surface area contributed by atoms with Crippen LogP contribution < -0.4 is 11.3 Å². The largest absolute Gasteiger partial charge is 0.385 e. The number of rotatable bonds is 2. The normalized spacial score (nSPS) is 19.4. The second-order valence-corrected chi connectivity index (χ2v) is 4.80. The lowest BCUT2D eigenvalue weighted by atomic mass is 10.1. The molecule has 1 aromatic heterocycles. The van der Waals surface area contributed by atoms with Crippen LogP contribution in [0.5, 0.6) is 0 Å². The van der Waals surface area contributed by atoms with Crippen LogP contribution in [0.1, 0.15) is 6.42 Å². The van der Waals surface area contributed by atoms with Crippen molar-refractivity contribution in [2.45, 2.75) is 13.0 Å². The van der Waals surface area contributed by atoms with E-state index >= 15 is 0 Å². The Morgan fingerprint density at radius 3 is 3.00 bits per heavy atom. The summed E-state index contributed by atoms with van der Waals surface area (Å²) in [5.41, 5.74) is 5.99. The highest BCUT2D eigenvalue weighted by Crippen LogP contribution is 2.18. The minimum atomic E-state index is -0.00231. The number of anilines is 1. The van der Waals surface area contributed by atoms with Gasteiger partial charge in [-0.15, -0.1) is 0 Å². The number of nitrogens with zero attached hydrogens (tertiary/aromatic N) is 1. The van der Waals surface area contributed by atoms with Crippen molar-refractivity contribution in [1.82, 2.24) is 4.57 Å². The smallest absolute Gasteiger partial charge is 0.259 e. The summed E-state index contributed by atoms with van der Waals surface area (Å²) in [5.74, 6) is 0.928. The molecule has 4 heteroatoms. The van der Waals surface area contributed by atoms with Crippen molar-refractivity contribution in [2.75, 3.05) is 18.9 Å². The molecule has 2 N–H and O–H groups in total. The Morgan fingerprint density at radius 1 is 1.39 bits per heavy atom. The molecule has 1 unspecified atom stereocenters. The molecule has 1 saturated heterocycles. The van der Waals surface area contributed by atoms with Crippen LogP contribution >= 0.6 is 0 Å². The van der Waals surface area contributed by atoms with Crippen LogP contribution in [-0.2, 0) is 11.3 Å². The molecular formula is C14H16N2O2. The van der Waals surface area contributed by atoms with Gasteiger partial charge in [-0.3, -0.25) is 9.36 Å². The van der Waals surface area contributed by atoms with Crippen molar-refractivity contribution in [3.8, 4) is 0 Å². The van der Waals surface area contributed by atoms with Gasteiger partial charge in [-0.05, 0) is 23.9 Å². The van der Waals surface area contributed by atoms with Crippen molar-refractivity contribution in [2.24, 2.45) is 5.92 Å². The van der Waals surface area contributed by atoms with Crippen molar-refractivity contribution < 1.29 is 4.74 Å². The maximum atomic E-state index is 12.4. The van der Waals surface area contributed by atoms with Crippen molar-refractivity contribution in [3.05, 3.63) is 40.7 Å². The van der Waals surface area contributed by atoms with Gasteiger partial charge in [0.25, 0.3) is 5.56 Å². The molecule has 0 aliphatic carbocycles. The zero-order chi connectivity index (χ0) is 12.5. The van der Waals surface area contributed by atoms with E-state index in [9.17, 15) is 4.79 Å².